The van der Waals surface area contributed by atoms with Gasteiger partial charge in [-0.15, -0.1) is 11.3 Å². The predicted molar refractivity (Wildman–Crippen MR) is 84.7 cm³/mol. The van der Waals surface area contributed by atoms with Crippen molar-refractivity contribution in [3.8, 4) is 10.6 Å². The van der Waals surface area contributed by atoms with Crippen LogP contribution in [-0.2, 0) is 22.7 Å². The number of carbonyl (C=O) groups excluding carboxylic acids is 1. The van der Waals surface area contributed by atoms with Crippen LogP contribution >= 0.6 is 11.3 Å². The lowest BCUT2D eigenvalue weighted by molar-refractivity contribution is -0.136. The van der Waals surface area contributed by atoms with Gasteiger partial charge < -0.3 is 18.6 Å². The summed E-state index contributed by atoms with van der Waals surface area (Å²) in [7, 11) is 1.71. The molecule has 3 aromatic rings. The van der Waals surface area contributed by atoms with E-state index < -0.39 is 0 Å². The molecule has 3 heterocycles. The average molecular weight is 332 g/mol. The highest BCUT2D eigenvalue weighted by atomic mass is 32.1. The zero-order valence-corrected chi connectivity index (χ0v) is 13.4. The molecule has 120 valence electrons. The molecule has 0 fully saturated rings. The molecule has 3 aromatic heterocycles. The van der Waals surface area contributed by atoms with Crippen LogP contribution in [0.3, 0.4) is 0 Å². The fourth-order valence-electron chi connectivity index (χ4n) is 1.99. The third kappa shape index (κ3) is 4.08. The van der Waals surface area contributed by atoms with Gasteiger partial charge in [0.2, 0.25) is 5.91 Å². The Balaban J connectivity index is 1.45. The fourth-order valence-corrected chi connectivity index (χ4v) is 2.67. The molecule has 0 aliphatic carbocycles. The molecule has 0 aliphatic heterocycles. The van der Waals surface area contributed by atoms with Gasteiger partial charge in [-0.05, 0) is 23.6 Å². The van der Waals surface area contributed by atoms with E-state index in [-0.39, 0.29) is 19.1 Å². The lowest BCUT2D eigenvalue weighted by Gasteiger charge is -2.15. The van der Waals surface area contributed by atoms with E-state index in [4.69, 9.17) is 13.7 Å². The van der Waals surface area contributed by atoms with E-state index in [0.29, 0.717) is 18.0 Å². The van der Waals surface area contributed by atoms with Crippen LogP contribution in [0.4, 0.5) is 0 Å². The van der Waals surface area contributed by atoms with Gasteiger partial charge in [0.25, 0.3) is 0 Å². The standard InChI is InChI=1S/C16H16N2O4S/c1-18(9-13-4-2-6-21-13)16(19)11-20-10-12-8-14(22-17-12)15-5-3-7-23-15/h2-8H,9-11H2,1H3. The van der Waals surface area contributed by atoms with Gasteiger partial charge in [0, 0.05) is 13.1 Å². The lowest BCUT2D eigenvalue weighted by atomic mass is 10.3. The number of aromatic nitrogens is 1. The van der Waals surface area contributed by atoms with Gasteiger partial charge in [-0.1, -0.05) is 11.2 Å². The first-order chi connectivity index (χ1) is 11.2. The molecular weight excluding hydrogens is 316 g/mol. The Labute approximate surface area is 137 Å². The number of thiophene rings is 1. The fraction of sp³-hybridized carbons (Fsp3) is 0.250. The first-order valence-corrected chi connectivity index (χ1v) is 7.94. The molecule has 0 atom stereocenters. The van der Waals surface area contributed by atoms with Gasteiger partial charge in [-0.25, -0.2) is 0 Å². The first-order valence-electron chi connectivity index (χ1n) is 7.06. The number of rotatable bonds is 7. The van der Waals surface area contributed by atoms with Gasteiger partial charge in [0.05, 0.1) is 24.3 Å². The molecular formula is C16H16N2O4S. The molecule has 0 spiro atoms. The van der Waals surface area contributed by atoms with E-state index in [1.54, 1.807) is 35.6 Å². The summed E-state index contributed by atoms with van der Waals surface area (Å²) in [5, 5.41) is 5.92. The molecule has 0 N–H and O–H groups in total. The number of carbonyl (C=O) groups is 1. The summed E-state index contributed by atoms with van der Waals surface area (Å²) in [6.45, 7) is 0.634. The normalized spacial score (nSPS) is 10.8. The Morgan fingerprint density at radius 3 is 3.04 bits per heavy atom. The van der Waals surface area contributed by atoms with Crippen LogP contribution in [0.25, 0.3) is 10.6 Å². The Hall–Kier alpha value is -2.38. The molecule has 0 unspecified atom stereocenters. The van der Waals surface area contributed by atoms with Crippen LogP contribution in [-0.4, -0.2) is 29.6 Å². The Morgan fingerprint density at radius 1 is 1.39 bits per heavy atom. The molecule has 0 radical (unpaired) electrons. The summed E-state index contributed by atoms with van der Waals surface area (Å²) in [4.78, 5) is 14.5. The minimum Gasteiger partial charge on any atom is -0.467 e. The van der Waals surface area contributed by atoms with Gasteiger partial charge in [0.15, 0.2) is 5.76 Å². The van der Waals surface area contributed by atoms with Crippen molar-refractivity contribution < 1.29 is 18.5 Å². The van der Waals surface area contributed by atoms with Crippen LogP contribution < -0.4 is 0 Å². The Kier molecular flexibility index (Phi) is 4.89. The van der Waals surface area contributed by atoms with Crippen LogP contribution in [0.1, 0.15) is 11.5 Å². The highest BCUT2D eigenvalue weighted by Crippen LogP contribution is 2.25. The molecule has 1 amide bonds. The van der Waals surface area contributed by atoms with Crippen molar-refractivity contribution in [2.24, 2.45) is 0 Å². The number of nitrogens with zero attached hydrogens (tertiary/aromatic N) is 2. The average Bonchev–Trinajstić information content (AvgIpc) is 3.29. The molecule has 0 aliphatic rings. The molecule has 0 saturated carbocycles. The predicted octanol–water partition coefficient (Wildman–Crippen LogP) is 3.17. The first kappa shape index (κ1) is 15.5. The summed E-state index contributed by atoms with van der Waals surface area (Å²) < 4.78 is 15.9. The number of amides is 1. The lowest BCUT2D eigenvalue weighted by Crippen LogP contribution is -2.29. The van der Waals surface area contributed by atoms with Crippen LogP contribution in [0.15, 0.2) is 50.9 Å². The third-order valence-electron chi connectivity index (χ3n) is 3.20. The van der Waals surface area contributed by atoms with E-state index in [0.717, 1.165) is 10.6 Å². The van der Waals surface area contributed by atoms with Crippen molar-refractivity contribution >= 4 is 17.2 Å². The number of likely N-dealkylation sites (N-methyl/N-ethyl adjacent to an activating group) is 1. The number of ether oxygens (including phenoxy) is 1. The summed E-state index contributed by atoms with van der Waals surface area (Å²) in [5.41, 5.74) is 0.662. The van der Waals surface area contributed by atoms with Gasteiger partial charge in [0.1, 0.15) is 18.1 Å². The van der Waals surface area contributed by atoms with E-state index in [1.807, 2.05) is 29.6 Å². The summed E-state index contributed by atoms with van der Waals surface area (Å²) in [6.07, 6.45) is 1.58. The minimum absolute atomic E-state index is 0.0155. The van der Waals surface area contributed by atoms with E-state index >= 15 is 0 Å². The highest BCUT2D eigenvalue weighted by molar-refractivity contribution is 7.13. The molecule has 0 bridgehead atoms. The quantitative estimate of drug-likeness (QED) is 0.665. The van der Waals surface area contributed by atoms with Gasteiger partial charge >= 0.3 is 0 Å². The van der Waals surface area contributed by atoms with Crippen LogP contribution in [0.5, 0.6) is 0 Å². The Morgan fingerprint density at radius 2 is 2.30 bits per heavy atom. The Bertz CT molecular complexity index is 734. The highest BCUT2D eigenvalue weighted by Gasteiger charge is 2.12. The maximum atomic E-state index is 12.0. The van der Waals surface area contributed by atoms with E-state index in [9.17, 15) is 4.79 Å². The summed E-state index contributed by atoms with van der Waals surface area (Å²) >= 11 is 1.58. The van der Waals surface area contributed by atoms with E-state index in [1.165, 1.54) is 0 Å². The topological polar surface area (TPSA) is 68.7 Å². The van der Waals surface area contributed by atoms with Crippen LogP contribution in [0.2, 0.25) is 0 Å². The zero-order valence-electron chi connectivity index (χ0n) is 12.6. The number of furan rings is 1. The second kappa shape index (κ2) is 7.26. The van der Waals surface area contributed by atoms with Crippen molar-refractivity contribution in [2.45, 2.75) is 13.2 Å². The third-order valence-corrected chi connectivity index (χ3v) is 4.08. The molecule has 23 heavy (non-hydrogen) atoms. The van der Waals surface area contributed by atoms with Crippen LogP contribution in [0, 0.1) is 0 Å². The summed E-state index contributed by atoms with van der Waals surface area (Å²) in [5.74, 6) is 1.32. The largest absolute Gasteiger partial charge is 0.467 e. The molecule has 0 saturated heterocycles. The summed E-state index contributed by atoms with van der Waals surface area (Å²) in [6, 6.07) is 9.35. The number of hydrogen-bond acceptors (Lipinski definition) is 6. The monoisotopic (exact) mass is 332 g/mol. The van der Waals surface area contributed by atoms with Gasteiger partial charge in [-0.3, -0.25) is 4.79 Å². The smallest absolute Gasteiger partial charge is 0.248 e. The van der Waals surface area contributed by atoms with E-state index in [2.05, 4.69) is 5.16 Å². The van der Waals surface area contributed by atoms with Gasteiger partial charge in [-0.2, -0.15) is 0 Å². The molecule has 6 nitrogen and oxygen atoms in total. The van der Waals surface area contributed by atoms with Crippen molar-refractivity contribution in [2.75, 3.05) is 13.7 Å². The maximum Gasteiger partial charge on any atom is 0.248 e. The van der Waals surface area contributed by atoms with Crippen molar-refractivity contribution in [1.82, 2.24) is 10.1 Å². The number of hydrogen-bond donors (Lipinski definition) is 0. The van der Waals surface area contributed by atoms with Crippen molar-refractivity contribution in [3.63, 3.8) is 0 Å². The maximum absolute atomic E-state index is 12.0. The molecule has 0 aromatic carbocycles. The zero-order chi connectivity index (χ0) is 16.1. The molecule has 7 heteroatoms. The minimum atomic E-state index is -0.122. The SMILES string of the molecule is CN(Cc1ccco1)C(=O)COCc1cc(-c2cccs2)on1. The second-order valence-electron chi connectivity index (χ2n) is 4.98. The molecule has 3 rings (SSSR count). The van der Waals surface area contributed by atoms with Crippen molar-refractivity contribution in [3.05, 3.63) is 53.4 Å². The second-order valence-corrected chi connectivity index (χ2v) is 5.93. The van der Waals surface area contributed by atoms with Crippen molar-refractivity contribution in [1.29, 1.82) is 0 Å².